The van der Waals surface area contributed by atoms with Crippen LogP contribution >= 0.6 is 0 Å². The van der Waals surface area contributed by atoms with Gasteiger partial charge in [-0.05, 0) is 48.5 Å². The maximum atomic E-state index is 13.8. The third-order valence-corrected chi connectivity index (χ3v) is 6.88. The summed E-state index contributed by atoms with van der Waals surface area (Å²) in [7, 11) is -4.87. The van der Waals surface area contributed by atoms with Crippen LogP contribution < -0.4 is 112 Å². The normalized spacial score (nSPS) is 14.2. The van der Waals surface area contributed by atoms with E-state index in [1.807, 2.05) is 0 Å². The summed E-state index contributed by atoms with van der Waals surface area (Å²) in [5, 5.41) is 0. The van der Waals surface area contributed by atoms with Gasteiger partial charge < -0.3 is 27.7 Å². The molecule has 0 fully saturated rings. The zero-order valence-corrected chi connectivity index (χ0v) is 31.1. The first-order chi connectivity index (χ1) is 21.6. The number of benzene rings is 2. The van der Waals surface area contributed by atoms with Gasteiger partial charge in [0, 0.05) is 0 Å². The van der Waals surface area contributed by atoms with Crippen molar-refractivity contribution in [3.05, 3.63) is 61.2 Å². The van der Waals surface area contributed by atoms with E-state index in [0.29, 0.717) is 24.3 Å². The summed E-state index contributed by atoms with van der Waals surface area (Å²) in [6.45, 7) is 0. The number of halogens is 20. The standard InChI is InChI=1S/C22H8F20O6S.2K/c23-13(47-21(39,40)17(29,30)19(33,34)35)15(25,26)45-9-1-5-11(6-2-9)49(43,44)12-7-3-10(4-8-12)46-16(27,28)14(24)48-22(41,42)18(31,32)20(36,37)38;;/h1-8H;;/q-2;2*+1. The van der Waals surface area contributed by atoms with Gasteiger partial charge in [-0.2, -0.15) is 79.0 Å². The Hall–Kier alpha value is -0.217. The van der Waals surface area contributed by atoms with Crippen LogP contribution in [0.3, 0.4) is 0 Å². The van der Waals surface area contributed by atoms with Crippen LogP contribution in [0.4, 0.5) is 87.8 Å². The summed E-state index contributed by atoms with van der Waals surface area (Å²) in [4.78, 5) is -1.92. The molecule has 0 aromatic heterocycles. The molecular formula is C22H8F20K2O6S. The summed E-state index contributed by atoms with van der Waals surface area (Å²) in [6, 6.07) is 2.09. The molecule has 0 radical (unpaired) electrons. The molecule has 280 valence electrons. The fraction of sp³-hybridized carbons (Fsp3) is 0.364. The third-order valence-electron chi connectivity index (χ3n) is 5.10. The zero-order valence-electron chi connectivity index (χ0n) is 24.0. The summed E-state index contributed by atoms with van der Waals surface area (Å²) >= 11 is 0. The second kappa shape index (κ2) is 16.9. The molecule has 0 aliphatic rings. The first-order valence-electron chi connectivity index (χ1n) is 11.3. The largest absolute Gasteiger partial charge is 1.00 e. The fourth-order valence-corrected chi connectivity index (χ4v) is 3.95. The van der Waals surface area contributed by atoms with Crippen molar-refractivity contribution < 1.29 is 218 Å². The molecule has 0 aliphatic carbocycles. The number of sulfone groups is 1. The van der Waals surface area contributed by atoms with Crippen LogP contribution in [0.25, 0.3) is 0 Å². The molecule has 0 atom stereocenters. The second-order valence-electron chi connectivity index (χ2n) is 8.61. The van der Waals surface area contributed by atoms with Gasteiger partial charge in [0.1, 0.15) is 11.5 Å². The molecule has 0 amide bonds. The van der Waals surface area contributed by atoms with E-state index >= 15 is 0 Å². The molecule has 0 unspecified atom stereocenters. The fourth-order valence-electron chi connectivity index (χ4n) is 2.69. The van der Waals surface area contributed by atoms with Crippen molar-refractivity contribution in [2.75, 3.05) is 0 Å². The Kier molecular flexibility index (Phi) is 16.8. The maximum absolute atomic E-state index is 13.8. The number of alkyl halides is 18. The second-order valence-corrected chi connectivity index (χ2v) is 10.6. The Morgan fingerprint density at radius 3 is 0.902 bits per heavy atom. The van der Waals surface area contributed by atoms with Crippen LogP contribution in [0.2, 0.25) is 0 Å². The number of rotatable bonds is 14. The molecule has 2 aromatic rings. The van der Waals surface area contributed by atoms with E-state index in [2.05, 4.69) is 18.9 Å². The smallest absolute Gasteiger partial charge is 0.453 e. The van der Waals surface area contributed by atoms with Crippen molar-refractivity contribution in [2.24, 2.45) is 0 Å². The molecule has 2 aromatic carbocycles. The topological polar surface area (TPSA) is 71.1 Å². The van der Waals surface area contributed by atoms with Gasteiger partial charge in [-0.15, -0.1) is 0 Å². The van der Waals surface area contributed by atoms with Gasteiger partial charge in [-0.3, -0.25) is 0 Å². The van der Waals surface area contributed by atoms with Crippen LogP contribution in [0.5, 0.6) is 11.5 Å². The van der Waals surface area contributed by atoms with Crippen molar-refractivity contribution in [1.82, 2.24) is 0 Å². The van der Waals surface area contributed by atoms with E-state index in [1.165, 1.54) is 0 Å². The van der Waals surface area contributed by atoms with E-state index in [4.69, 9.17) is 0 Å². The van der Waals surface area contributed by atoms with Gasteiger partial charge in [0.05, 0.1) is 22.5 Å². The van der Waals surface area contributed by atoms with Crippen molar-refractivity contribution in [1.29, 1.82) is 0 Å². The van der Waals surface area contributed by atoms with Gasteiger partial charge in [-0.25, -0.2) is 8.42 Å². The van der Waals surface area contributed by atoms with Crippen molar-refractivity contribution >= 4 is 9.84 Å². The first kappa shape index (κ1) is 50.8. The first-order valence-corrected chi connectivity index (χ1v) is 12.8. The molecule has 0 saturated carbocycles. The molecule has 0 spiro atoms. The number of hydrogen-bond donors (Lipinski definition) is 0. The number of hydrogen-bond acceptors (Lipinski definition) is 6. The Morgan fingerprint density at radius 1 is 0.451 bits per heavy atom. The summed E-state index contributed by atoms with van der Waals surface area (Å²) in [5.41, 5.74) is 0. The predicted molar refractivity (Wildman–Crippen MR) is 112 cm³/mol. The van der Waals surface area contributed by atoms with E-state index < -0.39 is 92.5 Å². The Morgan fingerprint density at radius 2 is 0.686 bits per heavy atom. The van der Waals surface area contributed by atoms with Gasteiger partial charge in [-0.1, -0.05) is 0 Å². The molecule has 6 nitrogen and oxygen atoms in total. The molecule has 0 aliphatic heterocycles. The number of ether oxygens (including phenoxy) is 4. The van der Waals surface area contributed by atoms with E-state index in [9.17, 15) is 96.2 Å². The van der Waals surface area contributed by atoms with Gasteiger partial charge >= 0.3 is 151 Å². The Bertz CT molecular complexity index is 1440. The van der Waals surface area contributed by atoms with Crippen LogP contribution in [-0.4, -0.2) is 57.0 Å². The van der Waals surface area contributed by atoms with Crippen molar-refractivity contribution in [3.8, 4) is 11.5 Å². The van der Waals surface area contributed by atoms with Gasteiger partial charge in [0.25, 0.3) is 0 Å². The maximum Gasteiger partial charge on any atom is 1.00 e. The summed E-state index contributed by atoms with van der Waals surface area (Å²) < 4.78 is 294. The van der Waals surface area contributed by atoms with Crippen LogP contribution in [-0.2, 0) is 19.3 Å². The molecular weight excluding hydrogens is 850 g/mol. The molecule has 0 bridgehead atoms. The molecule has 51 heavy (non-hydrogen) atoms. The molecule has 0 saturated heterocycles. The van der Waals surface area contributed by atoms with E-state index in [-0.39, 0.29) is 127 Å². The predicted octanol–water partition coefficient (Wildman–Crippen LogP) is 3.00. The SMILES string of the molecule is O=S(=O)(c1ccc(OC(F)(F)[C-](F)OC(F)(F)C(F)(F)C(F)(F)F)cc1)c1ccc(OC(F)(F)[C-](F)OC(F)(F)C(F)(F)C(F)(F)F)cc1.[K+].[K+]. The van der Waals surface area contributed by atoms with Crippen molar-refractivity contribution in [2.45, 2.75) is 58.4 Å². The monoisotopic (exact) mass is 858 g/mol. The van der Waals surface area contributed by atoms with Crippen LogP contribution in [0.15, 0.2) is 58.3 Å². The summed E-state index contributed by atoms with van der Waals surface area (Å²) in [5.74, 6) is -17.1. The Balaban J connectivity index is 0.0000125. The zero-order chi connectivity index (χ0) is 38.4. The third kappa shape index (κ3) is 11.4. The minimum Gasteiger partial charge on any atom is -0.453 e. The van der Waals surface area contributed by atoms with E-state index in [0.717, 1.165) is 0 Å². The minimum absolute atomic E-state index is 0. The van der Waals surface area contributed by atoms with E-state index in [1.54, 1.807) is 0 Å². The van der Waals surface area contributed by atoms with Gasteiger partial charge in [0.2, 0.25) is 9.84 Å². The van der Waals surface area contributed by atoms with Crippen LogP contribution in [0, 0.1) is 12.7 Å². The quantitative estimate of drug-likeness (QED) is 0.166. The Labute approximate surface area is 354 Å². The average molecular weight is 859 g/mol. The molecule has 0 heterocycles. The summed E-state index contributed by atoms with van der Waals surface area (Å²) in [6.07, 6.45) is -47.7. The minimum atomic E-state index is -7.19. The average Bonchev–Trinajstić information content (AvgIpc) is 2.91. The molecule has 2 rings (SSSR count). The van der Waals surface area contributed by atoms with Crippen LogP contribution in [0.1, 0.15) is 0 Å². The van der Waals surface area contributed by atoms with Crippen molar-refractivity contribution in [3.63, 3.8) is 0 Å². The molecule has 29 heteroatoms. The molecule has 0 N–H and O–H groups in total. The van der Waals surface area contributed by atoms with Gasteiger partial charge in [0.15, 0.2) is 0 Å².